The molecule has 1 amide bonds. The van der Waals surface area contributed by atoms with Gasteiger partial charge in [0.25, 0.3) is 0 Å². The van der Waals surface area contributed by atoms with Crippen LogP contribution in [0, 0.1) is 0 Å². The predicted molar refractivity (Wildman–Crippen MR) is 81.2 cm³/mol. The monoisotopic (exact) mass is 323 g/mol. The Labute approximate surface area is 129 Å². The second kappa shape index (κ2) is 6.41. The molecule has 118 valence electrons. The minimum atomic E-state index is -1.10. The number of fused-ring (bicyclic) bond motifs is 1. The van der Waals surface area contributed by atoms with Crippen molar-refractivity contribution in [1.29, 1.82) is 0 Å². The number of aromatic nitrogens is 3. The Bertz CT molecular complexity index is 696. The Balaban J connectivity index is 1.53. The molecule has 0 aliphatic carbocycles. The summed E-state index contributed by atoms with van der Waals surface area (Å²) in [7, 11) is -1.10. The number of rotatable bonds is 4. The number of nitrogens with zero attached hydrogens (tertiary/aromatic N) is 4. The zero-order valence-corrected chi connectivity index (χ0v) is 12.8. The van der Waals surface area contributed by atoms with E-state index in [1.165, 1.54) is 4.90 Å². The van der Waals surface area contributed by atoms with Crippen molar-refractivity contribution in [3.8, 4) is 0 Å². The van der Waals surface area contributed by atoms with E-state index >= 15 is 0 Å². The molecule has 2 aromatic rings. The molecule has 8 nitrogen and oxygen atoms in total. The first kappa shape index (κ1) is 14.9. The van der Waals surface area contributed by atoms with Crippen LogP contribution in [0.2, 0.25) is 0 Å². The highest BCUT2D eigenvalue weighted by atomic mass is 32.2. The van der Waals surface area contributed by atoms with Gasteiger partial charge >= 0.3 is 6.09 Å². The predicted octanol–water partition coefficient (Wildman–Crippen LogP) is 0.361. The molecule has 0 spiro atoms. The van der Waals surface area contributed by atoms with Gasteiger partial charge < -0.3 is 10.0 Å². The SMILES string of the molecule is O=C(O)N1CCN(CCS(=O)c2ccc3n[nH]nc3c2)CC1. The molecule has 1 aliphatic heterocycles. The van der Waals surface area contributed by atoms with Crippen LogP contribution in [0.4, 0.5) is 4.79 Å². The fourth-order valence-corrected chi connectivity index (χ4v) is 3.58. The molecule has 9 heteroatoms. The fraction of sp³-hybridized carbons (Fsp3) is 0.462. The van der Waals surface area contributed by atoms with Crippen LogP contribution in [0.25, 0.3) is 11.0 Å². The first-order chi connectivity index (χ1) is 10.6. The Hall–Kier alpha value is -2.00. The summed E-state index contributed by atoms with van der Waals surface area (Å²) in [6.07, 6.45) is -0.871. The highest BCUT2D eigenvalue weighted by Gasteiger charge is 2.20. The van der Waals surface area contributed by atoms with Crippen LogP contribution in [-0.2, 0) is 10.8 Å². The van der Waals surface area contributed by atoms with Crippen LogP contribution in [0.15, 0.2) is 23.1 Å². The van der Waals surface area contributed by atoms with Gasteiger partial charge in [-0.25, -0.2) is 4.79 Å². The van der Waals surface area contributed by atoms with Crippen LogP contribution in [-0.4, -0.2) is 79.1 Å². The minimum Gasteiger partial charge on any atom is -0.465 e. The van der Waals surface area contributed by atoms with Gasteiger partial charge in [0, 0.05) is 43.4 Å². The van der Waals surface area contributed by atoms with Gasteiger partial charge in [-0.3, -0.25) is 9.11 Å². The number of carboxylic acid groups (broad SMARTS) is 1. The molecular weight excluding hydrogens is 306 g/mol. The number of aromatic amines is 1. The lowest BCUT2D eigenvalue weighted by atomic mass is 10.3. The average Bonchev–Trinajstić information content (AvgIpc) is 3.00. The lowest BCUT2D eigenvalue weighted by molar-refractivity contribution is 0.108. The molecule has 0 saturated carbocycles. The summed E-state index contributed by atoms with van der Waals surface area (Å²) in [4.78, 5) is 15.1. The van der Waals surface area contributed by atoms with Crippen molar-refractivity contribution in [3.63, 3.8) is 0 Å². The number of hydrogen-bond acceptors (Lipinski definition) is 5. The van der Waals surface area contributed by atoms with E-state index in [1.54, 1.807) is 12.1 Å². The first-order valence-corrected chi connectivity index (χ1v) is 8.34. The van der Waals surface area contributed by atoms with Crippen LogP contribution in [0.1, 0.15) is 0 Å². The Morgan fingerprint density at radius 1 is 1.23 bits per heavy atom. The summed E-state index contributed by atoms with van der Waals surface area (Å²) in [6.45, 7) is 3.08. The van der Waals surface area contributed by atoms with Crippen LogP contribution >= 0.6 is 0 Å². The molecule has 0 radical (unpaired) electrons. The number of H-pyrrole nitrogens is 1. The Morgan fingerprint density at radius 2 is 1.95 bits per heavy atom. The molecular formula is C13H17N5O3S. The largest absolute Gasteiger partial charge is 0.465 e. The molecule has 2 N–H and O–H groups in total. The van der Waals surface area contributed by atoms with Gasteiger partial charge in [-0.1, -0.05) is 0 Å². The molecule has 1 saturated heterocycles. The summed E-state index contributed by atoms with van der Waals surface area (Å²) >= 11 is 0. The quantitative estimate of drug-likeness (QED) is 0.842. The van der Waals surface area contributed by atoms with Gasteiger partial charge in [0.15, 0.2) is 0 Å². The van der Waals surface area contributed by atoms with Crippen molar-refractivity contribution in [2.24, 2.45) is 0 Å². The maximum absolute atomic E-state index is 12.3. The van der Waals surface area contributed by atoms with Crippen LogP contribution in [0.3, 0.4) is 0 Å². The van der Waals surface area contributed by atoms with Crippen LogP contribution in [0.5, 0.6) is 0 Å². The van der Waals surface area contributed by atoms with Gasteiger partial charge in [0.05, 0.1) is 10.8 Å². The summed E-state index contributed by atoms with van der Waals surface area (Å²) in [5.74, 6) is 0.524. The van der Waals surface area contributed by atoms with Crippen molar-refractivity contribution in [3.05, 3.63) is 18.2 Å². The molecule has 2 heterocycles. The average molecular weight is 323 g/mol. The van der Waals surface area contributed by atoms with Crippen molar-refractivity contribution in [2.75, 3.05) is 38.5 Å². The zero-order chi connectivity index (χ0) is 15.5. The van der Waals surface area contributed by atoms with Crippen molar-refractivity contribution >= 4 is 27.9 Å². The Kier molecular flexibility index (Phi) is 4.34. The molecule has 1 unspecified atom stereocenters. The van der Waals surface area contributed by atoms with Gasteiger partial charge in [-0.2, -0.15) is 15.4 Å². The van der Waals surface area contributed by atoms with E-state index in [9.17, 15) is 9.00 Å². The lowest BCUT2D eigenvalue weighted by Crippen LogP contribution is -2.49. The van der Waals surface area contributed by atoms with E-state index in [1.807, 2.05) is 6.07 Å². The van der Waals surface area contributed by atoms with Gasteiger partial charge in [0.2, 0.25) is 0 Å². The summed E-state index contributed by atoms with van der Waals surface area (Å²) in [5, 5.41) is 19.4. The number of nitrogens with one attached hydrogen (secondary N) is 1. The summed E-state index contributed by atoms with van der Waals surface area (Å²) in [6, 6.07) is 5.40. The number of hydrogen-bond donors (Lipinski definition) is 2. The summed E-state index contributed by atoms with van der Waals surface area (Å²) in [5.41, 5.74) is 1.46. The van der Waals surface area contributed by atoms with Gasteiger partial charge in [0.1, 0.15) is 11.0 Å². The number of benzene rings is 1. The second-order valence-corrected chi connectivity index (χ2v) is 6.71. The third kappa shape index (κ3) is 3.25. The maximum atomic E-state index is 12.3. The van der Waals surface area contributed by atoms with E-state index in [4.69, 9.17) is 5.11 Å². The van der Waals surface area contributed by atoms with Crippen molar-refractivity contribution < 1.29 is 14.1 Å². The second-order valence-electron chi connectivity index (χ2n) is 5.14. The van der Waals surface area contributed by atoms with E-state index in [0.717, 1.165) is 10.4 Å². The van der Waals surface area contributed by atoms with Gasteiger partial charge in [-0.15, -0.1) is 0 Å². The van der Waals surface area contributed by atoms with Gasteiger partial charge in [-0.05, 0) is 18.2 Å². The minimum absolute atomic E-state index is 0.507. The molecule has 1 aromatic heterocycles. The molecule has 1 atom stereocenters. The number of piperazine rings is 1. The topological polar surface area (TPSA) is 102 Å². The van der Waals surface area contributed by atoms with E-state index in [-0.39, 0.29) is 0 Å². The first-order valence-electron chi connectivity index (χ1n) is 7.02. The molecule has 0 bridgehead atoms. The van der Waals surface area contributed by atoms with E-state index < -0.39 is 16.9 Å². The van der Waals surface area contributed by atoms with E-state index in [2.05, 4.69) is 20.3 Å². The molecule has 1 aromatic carbocycles. The smallest absolute Gasteiger partial charge is 0.407 e. The van der Waals surface area contributed by atoms with E-state index in [0.29, 0.717) is 44.0 Å². The third-order valence-corrected chi connectivity index (χ3v) is 5.12. The van der Waals surface area contributed by atoms with Crippen molar-refractivity contribution in [1.82, 2.24) is 25.2 Å². The standard InChI is InChI=1S/C13H17N5O3S/c19-13(20)18-5-3-17(4-6-18)7-8-22(21)10-1-2-11-12(9-10)15-16-14-11/h1-2,9H,3-8H2,(H,19,20)(H,14,15,16). The highest BCUT2D eigenvalue weighted by molar-refractivity contribution is 7.85. The summed E-state index contributed by atoms with van der Waals surface area (Å²) < 4.78 is 12.3. The number of amides is 1. The lowest BCUT2D eigenvalue weighted by Gasteiger charge is -2.32. The molecule has 22 heavy (non-hydrogen) atoms. The van der Waals surface area contributed by atoms with Crippen LogP contribution < -0.4 is 0 Å². The fourth-order valence-electron chi connectivity index (χ4n) is 2.45. The van der Waals surface area contributed by atoms with Crippen molar-refractivity contribution in [2.45, 2.75) is 4.90 Å². The molecule has 1 aliphatic rings. The normalized spacial score (nSPS) is 17.7. The maximum Gasteiger partial charge on any atom is 0.407 e. The number of carbonyl (C=O) groups is 1. The third-order valence-electron chi connectivity index (χ3n) is 3.79. The molecule has 1 fully saturated rings. The zero-order valence-electron chi connectivity index (χ0n) is 11.9. The molecule has 3 rings (SSSR count). The Morgan fingerprint density at radius 3 is 2.68 bits per heavy atom. The highest BCUT2D eigenvalue weighted by Crippen LogP contribution is 2.14.